The van der Waals surface area contributed by atoms with Crippen molar-refractivity contribution in [3.05, 3.63) is 34.8 Å². The summed E-state index contributed by atoms with van der Waals surface area (Å²) in [6, 6.07) is 3.63. The highest BCUT2D eigenvalue weighted by molar-refractivity contribution is 9.10. The first-order valence-electron chi connectivity index (χ1n) is 3.60. The minimum Gasteiger partial charge on any atom is -0.364 e. The predicted octanol–water partition coefficient (Wildman–Crippen LogP) is 1.20. The van der Waals surface area contributed by atoms with Crippen molar-refractivity contribution in [2.45, 2.75) is 0 Å². The molecule has 2 aromatic rings. The Bertz CT molecular complexity index is 477. The molecule has 0 saturated heterocycles. The number of hydrogen-bond acceptors (Lipinski definition) is 2. The topological polar surface area (TPSA) is 60.4 Å². The third kappa shape index (κ3) is 1.31. The average molecular weight is 240 g/mol. The summed E-state index contributed by atoms with van der Waals surface area (Å²) < 4.78 is 2.66. The van der Waals surface area contributed by atoms with Crippen molar-refractivity contribution in [1.82, 2.24) is 9.38 Å². The summed E-state index contributed by atoms with van der Waals surface area (Å²) >= 11 is 3.31. The van der Waals surface area contributed by atoms with Crippen molar-refractivity contribution in [3.8, 4) is 0 Å². The second-order valence-electron chi connectivity index (χ2n) is 2.60. The lowest BCUT2D eigenvalue weighted by Crippen LogP contribution is -2.11. The average Bonchev–Trinajstić information content (AvgIpc) is 2.46. The molecule has 0 unspecified atom stereocenters. The summed E-state index contributed by atoms with van der Waals surface area (Å²) in [6.45, 7) is 0. The molecule has 1 amide bonds. The summed E-state index contributed by atoms with van der Waals surface area (Å²) in [5.41, 5.74) is 6.15. The van der Waals surface area contributed by atoms with E-state index in [4.69, 9.17) is 5.73 Å². The molecule has 2 heterocycles. The second kappa shape index (κ2) is 2.85. The van der Waals surface area contributed by atoms with Crippen molar-refractivity contribution in [3.63, 3.8) is 0 Å². The zero-order valence-corrected chi connectivity index (χ0v) is 8.15. The van der Waals surface area contributed by atoms with E-state index in [1.54, 1.807) is 16.8 Å². The highest BCUT2D eigenvalue weighted by Gasteiger charge is 2.08. The van der Waals surface area contributed by atoms with Gasteiger partial charge in [-0.1, -0.05) is 0 Å². The first-order valence-corrected chi connectivity index (χ1v) is 4.40. The predicted molar refractivity (Wildman–Crippen MR) is 51.4 cm³/mol. The molecular formula is C8H6BrN3O. The van der Waals surface area contributed by atoms with E-state index in [2.05, 4.69) is 20.9 Å². The summed E-state index contributed by atoms with van der Waals surface area (Å²) in [5, 5.41) is 0. The second-order valence-corrected chi connectivity index (χ2v) is 3.51. The van der Waals surface area contributed by atoms with Gasteiger partial charge in [-0.15, -0.1) is 0 Å². The van der Waals surface area contributed by atoms with Crippen molar-refractivity contribution in [2.75, 3.05) is 0 Å². The minimum atomic E-state index is -0.509. The molecule has 0 aliphatic rings. The summed E-state index contributed by atoms with van der Waals surface area (Å²) in [6.07, 6.45) is 3.37. The molecule has 66 valence electrons. The zero-order chi connectivity index (χ0) is 9.42. The van der Waals surface area contributed by atoms with E-state index in [1.165, 1.54) is 0 Å². The molecule has 0 radical (unpaired) electrons. The van der Waals surface area contributed by atoms with Crippen LogP contribution in [0.3, 0.4) is 0 Å². The Hall–Kier alpha value is -1.36. The SMILES string of the molecule is NC(=O)c1ncn2cc(Br)ccc12. The van der Waals surface area contributed by atoms with Gasteiger partial charge in [-0.3, -0.25) is 4.79 Å². The number of pyridine rings is 1. The molecule has 4 nitrogen and oxygen atoms in total. The van der Waals surface area contributed by atoms with Crippen LogP contribution in [0.15, 0.2) is 29.1 Å². The number of imidazole rings is 1. The Morgan fingerprint density at radius 1 is 1.54 bits per heavy atom. The maximum Gasteiger partial charge on any atom is 0.269 e. The zero-order valence-electron chi connectivity index (χ0n) is 6.57. The number of rotatable bonds is 1. The van der Waals surface area contributed by atoms with Crippen LogP contribution in [0.25, 0.3) is 5.52 Å². The molecule has 2 rings (SSSR count). The lowest BCUT2D eigenvalue weighted by Gasteiger charge is -1.94. The van der Waals surface area contributed by atoms with E-state index in [1.807, 2.05) is 12.3 Å². The molecule has 0 aliphatic carbocycles. The molecule has 5 heteroatoms. The fourth-order valence-corrected chi connectivity index (χ4v) is 1.52. The fourth-order valence-electron chi connectivity index (χ4n) is 1.16. The molecule has 0 atom stereocenters. The first kappa shape index (κ1) is 8.25. The fraction of sp³-hybridized carbons (Fsp3) is 0. The molecule has 2 aromatic heterocycles. The number of nitrogens with two attached hydrogens (primary N) is 1. The number of carbonyl (C=O) groups is 1. The lowest BCUT2D eigenvalue weighted by atomic mass is 10.3. The van der Waals surface area contributed by atoms with Crippen LogP contribution >= 0.6 is 15.9 Å². The number of nitrogens with zero attached hydrogens (tertiary/aromatic N) is 2. The van der Waals surface area contributed by atoms with Gasteiger partial charge in [0.05, 0.1) is 5.52 Å². The number of aromatic nitrogens is 2. The van der Waals surface area contributed by atoms with Crippen LogP contribution in [0, 0.1) is 0 Å². The number of primary amides is 1. The summed E-state index contributed by atoms with van der Waals surface area (Å²) in [7, 11) is 0. The van der Waals surface area contributed by atoms with E-state index < -0.39 is 5.91 Å². The van der Waals surface area contributed by atoms with E-state index in [0.717, 1.165) is 9.99 Å². The molecule has 0 bridgehead atoms. The normalized spacial score (nSPS) is 10.5. The van der Waals surface area contributed by atoms with Gasteiger partial charge in [-0.2, -0.15) is 0 Å². The maximum atomic E-state index is 10.9. The smallest absolute Gasteiger partial charge is 0.269 e. The van der Waals surface area contributed by atoms with Crippen LogP contribution in [0.1, 0.15) is 10.5 Å². The van der Waals surface area contributed by atoms with Gasteiger partial charge in [-0.05, 0) is 28.1 Å². The van der Waals surface area contributed by atoms with E-state index in [-0.39, 0.29) is 0 Å². The lowest BCUT2D eigenvalue weighted by molar-refractivity contribution is 0.0997. The molecule has 13 heavy (non-hydrogen) atoms. The molecule has 0 saturated carbocycles. The van der Waals surface area contributed by atoms with Gasteiger partial charge in [0.1, 0.15) is 6.33 Å². The highest BCUT2D eigenvalue weighted by atomic mass is 79.9. The Morgan fingerprint density at radius 3 is 3.00 bits per heavy atom. The van der Waals surface area contributed by atoms with Gasteiger partial charge in [0.2, 0.25) is 0 Å². The number of fused-ring (bicyclic) bond motifs is 1. The molecule has 0 fully saturated rings. The van der Waals surface area contributed by atoms with E-state index in [0.29, 0.717) is 5.69 Å². The van der Waals surface area contributed by atoms with Gasteiger partial charge in [0.25, 0.3) is 5.91 Å². The summed E-state index contributed by atoms with van der Waals surface area (Å²) in [5.74, 6) is -0.509. The molecular weight excluding hydrogens is 234 g/mol. The van der Waals surface area contributed by atoms with Crippen molar-refractivity contribution < 1.29 is 4.79 Å². The van der Waals surface area contributed by atoms with Crippen LogP contribution in [0.2, 0.25) is 0 Å². The van der Waals surface area contributed by atoms with Gasteiger partial charge >= 0.3 is 0 Å². The van der Waals surface area contributed by atoms with E-state index in [9.17, 15) is 4.79 Å². The molecule has 0 spiro atoms. The standard InChI is InChI=1S/C8H6BrN3O/c9-5-1-2-6-7(8(10)13)11-4-12(6)3-5/h1-4H,(H2,10,13). The third-order valence-electron chi connectivity index (χ3n) is 1.73. The van der Waals surface area contributed by atoms with Crippen molar-refractivity contribution >= 4 is 27.4 Å². The number of carbonyl (C=O) groups excluding carboxylic acids is 1. The van der Waals surface area contributed by atoms with Crippen LogP contribution in [-0.4, -0.2) is 15.3 Å². The number of halogens is 1. The van der Waals surface area contributed by atoms with E-state index >= 15 is 0 Å². The Labute approximate surface area is 82.5 Å². The van der Waals surface area contributed by atoms with Crippen molar-refractivity contribution in [2.24, 2.45) is 5.73 Å². The Balaban J connectivity index is 2.76. The molecule has 0 aromatic carbocycles. The highest BCUT2D eigenvalue weighted by Crippen LogP contribution is 2.14. The molecule has 2 N–H and O–H groups in total. The van der Waals surface area contributed by atoms with Gasteiger partial charge < -0.3 is 10.1 Å². The monoisotopic (exact) mass is 239 g/mol. The Morgan fingerprint density at radius 2 is 2.31 bits per heavy atom. The largest absolute Gasteiger partial charge is 0.364 e. The quantitative estimate of drug-likeness (QED) is 0.813. The van der Waals surface area contributed by atoms with Gasteiger partial charge in [-0.25, -0.2) is 4.98 Å². The molecule has 0 aliphatic heterocycles. The van der Waals surface area contributed by atoms with Gasteiger partial charge in [0.15, 0.2) is 5.69 Å². The first-order chi connectivity index (χ1) is 6.18. The van der Waals surface area contributed by atoms with Crippen LogP contribution in [0.4, 0.5) is 0 Å². The van der Waals surface area contributed by atoms with Crippen LogP contribution < -0.4 is 5.73 Å². The van der Waals surface area contributed by atoms with Crippen LogP contribution in [0.5, 0.6) is 0 Å². The maximum absolute atomic E-state index is 10.9. The minimum absolute atomic E-state index is 0.299. The third-order valence-corrected chi connectivity index (χ3v) is 2.20. The number of hydrogen-bond donors (Lipinski definition) is 1. The van der Waals surface area contributed by atoms with Crippen LogP contribution in [-0.2, 0) is 0 Å². The Kier molecular flexibility index (Phi) is 1.81. The van der Waals surface area contributed by atoms with Crippen molar-refractivity contribution in [1.29, 1.82) is 0 Å². The summed E-state index contributed by atoms with van der Waals surface area (Å²) in [4.78, 5) is 14.8. The van der Waals surface area contributed by atoms with Gasteiger partial charge in [0, 0.05) is 10.7 Å². The number of amides is 1.